The molecular formula is C14H25N3OS. The van der Waals surface area contributed by atoms with Crippen LogP contribution in [0.25, 0.3) is 0 Å². The van der Waals surface area contributed by atoms with Crippen molar-refractivity contribution in [3.05, 3.63) is 11.9 Å². The number of anilines is 1. The smallest absolute Gasteiger partial charge is 0.132 e. The fourth-order valence-electron chi connectivity index (χ4n) is 1.61. The van der Waals surface area contributed by atoms with Crippen LogP contribution in [0.1, 0.15) is 38.9 Å². The summed E-state index contributed by atoms with van der Waals surface area (Å²) in [6.45, 7) is 6.07. The lowest BCUT2D eigenvalue weighted by molar-refractivity contribution is 0.200. The minimum absolute atomic E-state index is 0.806. The largest absolute Gasteiger partial charge is 0.385 e. The van der Waals surface area contributed by atoms with Gasteiger partial charge in [0.25, 0.3) is 0 Å². The van der Waals surface area contributed by atoms with Crippen molar-refractivity contribution in [3.63, 3.8) is 0 Å². The molecule has 0 saturated heterocycles. The molecule has 0 aliphatic carbocycles. The van der Waals surface area contributed by atoms with Crippen LogP contribution < -0.4 is 5.32 Å². The molecule has 0 aliphatic heterocycles. The van der Waals surface area contributed by atoms with Crippen molar-refractivity contribution in [2.75, 3.05) is 31.3 Å². The van der Waals surface area contributed by atoms with Gasteiger partial charge in [-0.2, -0.15) is 0 Å². The summed E-state index contributed by atoms with van der Waals surface area (Å²) in [5, 5.41) is 4.41. The Hall–Kier alpha value is -0.810. The quantitative estimate of drug-likeness (QED) is 0.405. The molecular weight excluding hydrogens is 258 g/mol. The third-order valence-corrected chi connectivity index (χ3v) is 3.52. The summed E-state index contributed by atoms with van der Waals surface area (Å²) in [5.41, 5.74) is 0. The van der Waals surface area contributed by atoms with E-state index in [-0.39, 0.29) is 0 Å². The van der Waals surface area contributed by atoms with Crippen LogP contribution in [0.2, 0.25) is 0 Å². The number of ether oxygens (including phenoxy) is 1. The number of nitrogens with one attached hydrogen (secondary N) is 1. The third kappa shape index (κ3) is 6.78. The number of hydrogen-bond donors (Lipinski definition) is 1. The molecule has 0 bridgehead atoms. The van der Waals surface area contributed by atoms with E-state index in [2.05, 4.69) is 29.1 Å². The second-order valence-corrected chi connectivity index (χ2v) is 5.49. The van der Waals surface area contributed by atoms with Crippen molar-refractivity contribution >= 4 is 17.6 Å². The van der Waals surface area contributed by atoms with E-state index in [4.69, 9.17) is 4.74 Å². The van der Waals surface area contributed by atoms with Gasteiger partial charge >= 0.3 is 0 Å². The molecule has 0 amide bonds. The molecule has 1 aromatic rings. The molecule has 4 nitrogen and oxygen atoms in total. The van der Waals surface area contributed by atoms with Crippen molar-refractivity contribution in [2.45, 2.75) is 44.6 Å². The number of aryl methyl sites for hydroxylation is 1. The fourth-order valence-corrected chi connectivity index (χ4v) is 2.44. The van der Waals surface area contributed by atoms with E-state index in [1.807, 2.05) is 6.07 Å². The number of aromatic nitrogens is 2. The second-order valence-electron chi connectivity index (χ2n) is 4.38. The lowest BCUT2D eigenvalue weighted by Crippen LogP contribution is -2.06. The van der Waals surface area contributed by atoms with Gasteiger partial charge in [0, 0.05) is 38.5 Å². The van der Waals surface area contributed by atoms with Crippen LogP contribution in [0.5, 0.6) is 0 Å². The SMILES string of the molecule is CCCNc1cc(SCCCOC)nc(CCC)n1. The second kappa shape index (κ2) is 10.0. The zero-order valence-corrected chi connectivity index (χ0v) is 13.1. The topological polar surface area (TPSA) is 47.0 Å². The predicted molar refractivity (Wildman–Crippen MR) is 82.0 cm³/mol. The highest BCUT2D eigenvalue weighted by Crippen LogP contribution is 2.20. The van der Waals surface area contributed by atoms with Crippen LogP contribution in [0.4, 0.5) is 5.82 Å². The lowest BCUT2D eigenvalue weighted by atomic mass is 10.3. The Morgan fingerprint density at radius 2 is 2.11 bits per heavy atom. The Kier molecular flexibility index (Phi) is 8.58. The average Bonchev–Trinajstić information content (AvgIpc) is 2.42. The van der Waals surface area contributed by atoms with Crippen molar-refractivity contribution < 1.29 is 4.74 Å². The summed E-state index contributed by atoms with van der Waals surface area (Å²) in [6.07, 6.45) is 4.16. The van der Waals surface area contributed by atoms with Gasteiger partial charge < -0.3 is 10.1 Å². The molecule has 0 saturated carbocycles. The van der Waals surface area contributed by atoms with Crippen LogP contribution in [-0.2, 0) is 11.2 Å². The summed E-state index contributed by atoms with van der Waals surface area (Å²) in [5.74, 6) is 2.93. The molecule has 0 unspecified atom stereocenters. The van der Waals surface area contributed by atoms with Gasteiger partial charge in [0.05, 0.1) is 0 Å². The first-order chi connectivity index (χ1) is 9.30. The first kappa shape index (κ1) is 16.2. The number of thioether (sulfide) groups is 1. The minimum atomic E-state index is 0.806. The van der Waals surface area contributed by atoms with Crippen molar-refractivity contribution in [1.82, 2.24) is 9.97 Å². The van der Waals surface area contributed by atoms with Crippen molar-refractivity contribution in [1.29, 1.82) is 0 Å². The molecule has 0 atom stereocenters. The van der Waals surface area contributed by atoms with Crippen LogP contribution in [0.15, 0.2) is 11.1 Å². The normalized spacial score (nSPS) is 10.7. The fraction of sp³-hybridized carbons (Fsp3) is 0.714. The molecule has 5 heteroatoms. The van der Waals surface area contributed by atoms with Gasteiger partial charge in [-0.25, -0.2) is 9.97 Å². The average molecular weight is 283 g/mol. The highest BCUT2D eigenvalue weighted by molar-refractivity contribution is 7.99. The van der Waals surface area contributed by atoms with Gasteiger partial charge in [0.15, 0.2) is 0 Å². The highest BCUT2D eigenvalue weighted by atomic mass is 32.2. The summed E-state index contributed by atoms with van der Waals surface area (Å²) >= 11 is 1.78. The van der Waals surface area contributed by atoms with Crippen LogP contribution in [-0.4, -0.2) is 36.0 Å². The Morgan fingerprint density at radius 3 is 2.79 bits per heavy atom. The minimum Gasteiger partial charge on any atom is -0.385 e. The maximum absolute atomic E-state index is 5.06. The molecule has 0 radical (unpaired) electrons. The highest BCUT2D eigenvalue weighted by Gasteiger charge is 2.04. The standard InChI is InChI=1S/C14H25N3OS/c1-4-7-12-16-13(15-8-5-2)11-14(17-12)19-10-6-9-18-3/h11H,4-10H2,1-3H3,(H,15,16,17). The number of methoxy groups -OCH3 is 1. The van der Waals surface area contributed by atoms with Gasteiger partial charge in [-0.1, -0.05) is 13.8 Å². The van der Waals surface area contributed by atoms with Gasteiger partial charge in [-0.05, 0) is 19.3 Å². The predicted octanol–water partition coefficient (Wildman–Crippen LogP) is 3.38. The van der Waals surface area contributed by atoms with Crippen molar-refractivity contribution in [2.24, 2.45) is 0 Å². The first-order valence-corrected chi connectivity index (χ1v) is 8.02. The molecule has 0 aromatic carbocycles. The Labute approximate surface area is 120 Å². The summed E-state index contributed by atoms with van der Waals surface area (Å²) in [6, 6.07) is 2.05. The van der Waals surface area contributed by atoms with E-state index in [9.17, 15) is 0 Å². The molecule has 1 aromatic heterocycles. The summed E-state index contributed by atoms with van der Waals surface area (Å²) in [7, 11) is 1.74. The molecule has 1 heterocycles. The molecule has 19 heavy (non-hydrogen) atoms. The van der Waals surface area contributed by atoms with E-state index in [0.717, 1.165) is 61.3 Å². The van der Waals surface area contributed by atoms with E-state index in [0.29, 0.717) is 0 Å². The molecule has 1 rings (SSSR count). The molecule has 0 spiro atoms. The van der Waals surface area contributed by atoms with E-state index < -0.39 is 0 Å². The van der Waals surface area contributed by atoms with Crippen LogP contribution in [0.3, 0.4) is 0 Å². The third-order valence-electron chi connectivity index (χ3n) is 2.52. The van der Waals surface area contributed by atoms with Gasteiger partial charge in [0.2, 0.25) is 0 Å². The van der Waals surface area contributed by atoms with Crippen LogP contribution >= 0.6 is 11.8 Å². The number of rotatable bonds is 10. The zero-order chi connectivity index (χ0) is 13.9. The molecule has 108 valence electrons. The van der Waals surface area contributed by atoms with Gasteiger partial charge in [-0.15, -0.1) is 11.8 Å². The molecule has 0 aliphatic rings. The lowest BCUT2D eigenvalue weighted by Gasteiger charge is -2.09. The van der Waals surface area contributed by atoms with Gasteiger partial charge in [0.1, 0.15) is 16.7 Å². The van der Waals surface area contributed by atoms with E-state index in [1.54, 1.807) is 18.9 Å². The summed E-state index contributed by atoms with van der Waals surface area (Å²) < 4.78 is 5.06. The van der Waals surface area contributed by atoms with E-state index >= 15 is 0 Å². The first-order valence-electron chi connectivity index (χ1n) is 7.03. The Bertz CT molecular complexity index is 361. The monoisotopic (exact) mass is 283 g/mol. The Morgan fingerprint density at radius 1 is 1.26 bits per heavy atom. The zero-order valence-electron chi connectivity index (χ0n) is 12.2. The molecule has 1 N–H and O–H groups in total. The Balaban J connectivity index is 2.63. The maximum Gasteiger partial charge on any atom is 0.132 e. The van der Waals surface area contributed by atoms with E-state index in [1.165, 1.54) is 0 Å². The summed E-state index contributed by atoms with van der Waals surface area (Å²) in [4.78, 5) is 9.14. The maximum atomic E-state index is 5.06. The molecule has 0 fully saturated rings. The van der Waals surface area contributed by atoms with Crippen molar-refractivity contribution in [3.8, 4) is 0 Å². The number of hydrogen-bond acceptors (Lipinski definition) is 5. The van der Waals surface area contributed by atoms with Gasteiger partial charge in [-0.3, -0.25) is 0 Å². The number of nitrogens with zero attached hydrogens (tertiary/aromatic N) is 2. The van der Waals surface area contributed by atoms with Crippen LogP contribution in [0, 0.1) is 0 Å².